The zero-order valence-corrected chi connectivity index (χ0v) is 16.3. The van der Waals surface area contributed by atoms with Crippen LogP contribution in [-0.2, 0) is 0 Å². The summed E-state index contributed by atoms with van der Waals surface area (Å²) in [6, 6.07) is 4.91. The average molecular weight is 409 g/mol. The van der Waals surface area contributed by atoms with E-state index in [9.17, 15) is 4.79 Å². The van der Waals surface area contributed by atoms with Gasteiger partial charge in [-0.2, -0.15) is 0 Å². The standard InChI is InChI=1S/C15H16Cl3N3O2S/c1-8(2)12-19-9(3)7-11(20-12)24-14(15(16,17)18)21-13(22)10-5-4-6-23-10/h4-8,14H,1-3H3,(H,21,22). The molecule has 0 aliphatic heterocycles. The van der Waals surface area contributed by atoms with Crippen molar-refractivity contribution in [2.75, 3.05) is 0 Å². The van der Waals surface area contributed by atoms with Crippen LogP contribution in [0.25, 0.3) is 0 Å². The molecule has 1 N–H and O–H groups in total. The zero-order valence-electron chi connectivity index (χ0n) is 13.2. The van der Waals surface area contributed by atoms with Gasteiger partial charge in [0, 0.05) is 11.6 Å². The molecule has 2 aromatic heterocycles. The number of amides is 1. The highest BCUT2D eigenvalue weighted by atomic mass is 35.6. The summed E-state index contributed by atoms with van der Waals surface area (Å²) in [4.78, 5) is 21.0. The Morgan fingerprint density at radius 2 is 2.04 bits per heavy atom. The van der Waals surface area contributed by atoms with Crippen molar-refractivity contribution in [1.29, 1.82) is 0 Å². The van der Waals surface area contributed by atoms with Gasteiger partial charge in [0.1, 0.15) is 16.2 Å². The van der Waals surface area contributed by atoms with E-state index in [1.54, 1.807) is 12.1 Å². The van der Waals surface area contributed by atoms with Crippen LogP contribution < -0.4 is 5.32 Å². The van der Waals surface area contributed by atoms with Gasteiger partial charge in [-0.15, -0.1) is 0 Å². The molecule has 0 spiro atoms. The summed E-state index contributed by atoms with van der Waals surface area (Å²) in [7, 11) is 0. The van der Waals surface area contributed by atoms with Crippen LogP contribution in [0.5, 0.6) is 0 Å². The number of halogens is 3. The van der Waals surface area contributed by atoms with E-state index in [0.29, 0.717) is 10.9 Å². The van der Waals surface area contributed by atoms with Crippen LogP contribution in [0.1, 0.15) is 41.8 Å². The minimum absolute atomic E-state index is 0.136. The maximum absolute atomic E-state index is 12.2. The van der Waals surface area contributed by atoms with Gasteiger partial charge in [0.05, 0.1) is 6.26 Å². The number of rotatable bonds is 5. The summed E-state index contributed by atoms with van der Waals surface area (Å²) >= 11 is 19.2. The molecule has 0 radical (unpaired) electrons. The first-order valence-electron chi connectivity index (χ1n) is 7.10. The number of thioether (sulfide) groups is 1. The Bertz CT molecular complexity index is 702. The van der Waals surface area contributed by atoms with Crippen molar-refractivity contribution in [3.63, 3.8) is 0 Å². The highest BCUT2D eigenvalue weighted by Gasteiger charge is 2.36. The largest absolute Gasteiger partial charge is 0.459 e. The number of carbonyl (C=O) groups excluding carboxylic acids is 1. The maximum Gasteiger partial charge on any atom is 0.287 e. The van der Waals surface area contributed by atoms with Crippen LogP contribution in [0.2, 0.25) is 0 Å². The third kappa shape index (κ3) is 5.28. The van der Waals surface area contributed by atoms with Gasteiger partial charge in [-0.3, -0.25) is 4.79 Å². The molecule has 0 saturated heterocycles. The van der Waals surface area contributed by atoms with E-state index < -0.39 is 15.1 Å². The summed E-state index contributed by atoms with van der Waals surface area (Å²) in [6.45, 7) is 5.85. The van der Waals surface area contributed by atoms with Crippen LogP contribution in [-0.4, -0.2) is 25.0 Å². The summed E-state index contributed by atoms with van der Waals surface area (Å²) in [5, 5.41) is 2.41. The molecule has 5 nitrogen and oxygen atoms in total. The first-order chi connectivity index (χ1) is 11.2. The van der Waals surface area contributed by atoms with E-state index in [4.69, 9.17) is 39.2 Å². The predicted molar refractivity (Wildman–Crippen MR) is 97.0 cm³/mol. The lowest BCUT2D eigenvalue weighted by molar-refractivity contribution is 0.0922. The molecule has 1 amide bonds. The predicted octanol–water partition coefficient (Wildman–Crippen LogP) is 4.72. The first-order valence-corrected chi connectivity index (χ1v) is 9.11. The van der Waals surface area contributed by atoms with Gasteiger partial charge in [0.2, 0.25) is 3.79 Å². The molecule has 0 bridgehead atoms. The van der Waals surface area contributed by atoms with Gasteiger partial charge < -0.3 is 9.73 Å². The van der Waals surface area contributed by atoms with Crippen LogP contribution in [0.4, 0.5) is 0 Å². The summed E-state index contributed by atoms with van der Waals surface area (Å²) in [5.41, 5.74) is 0.802. The monoisotopic (exact) mass is 407 g/mol. The van der Waals surface area contributed by atoms with Crippen molar-refractivity contribution in [2.24, 2.45) is 0 Å². The van der Waals surface area contributed by atoms with E-state index in [-0.39, 0.29) is 11.7 Å². The second-order valence-electron chi connectivity index (χ2n) is 5.35. The Hall–Kier alpha value is -0.950. The lowest BCUT2D eigenvalue weighted by Crippen LogP contribution is -2.41. The van der Waals surface area contributed by atoms with Gasteiger partial charge in [0.25, 0.3) is 5.91 Å². The third-order valence-corrected chi connectivity index (χ3v) is 5.11. The molecule has 0 aliphatic carbocycles. The molecule has 0 saturated carbocycles. The molecule has 1 atom stereocenters. The van der Waals surface area contributed by atoms with E-state index >= 15 is 0 Å². The molecular weight excluding hydrogens is 393 g/mol. The van der Waals surface area contributed by atoms with E-state index in [2.05, 4.69) is 15.3 Å². The lowest BCUT2D eigenvalue weighted by Gasteiger charge is -2.24. The third-order valence-electron chi connectivity index (χ3n) is 2.91. The molecule has 1 unspecified atom stereocenters. The Morgan fingerprint density at radius 1 is 1.33 bits per heavy atom. The summed E-state index contributed by atoms with van der Waals surface area (Å²) in [5.74, 6) is 0.515. The number of nitrogens with one attached hydrogen (secondary N) is 1. The molecule has 2 rings (SSSR count). The maximum atomic E-state index is 12.2. The number of furan rings is 1. The average Bonchev–Trinajstić information content (AvgIpc) is 2.99. The van der Waals surface area contributed by atoms with Crippen molar-refractivity contribution >= 4 is 52.5 Å². The van der Waals surface area contributed by atoms with Gasteiger partial charge >= 0.3 is 0 Å². The smallest absolute Gasteiger partial charge is 0.287 e. The fraction of sp³-hybridized carbons (Fsp3) is 0.400. The molecule has 2 aromatic rings. The number of alkyl halides is 3. The van der Waals surface area contributed by atoms with Crippen molar-refractivity contribution in [3.05, 3.63) is 41.7 Å². The van der Waals surface area contributed by atoms with Gasteiger partial charge in [0.15, 0.2) is 5.76 Å². The fourth-order valence-electron chi connectivity index (χ4n) is 1.78. The van der Waals surface area contributed by atoms with Crippen LogP contribution in [0, 0.1) is 6.92 Å². The van der Waals surface area contributed by atoms with E-state index in [1.807, 2.05) is 20.8 Å². The molecule has 0 aliphatic rings. The van der Waals surface area contributed by atoms with Crippen LogP contribution in [0.3, 0.4) is 0 Å². The van der Waals surface area contributed by atoms with E-state index in [0.717, 1.165) is 17.5 Å². The van der Waals surface area contributed by atoms with Crippen molar-refractivity contribution in [2.45, 2.75) is 40.9 Å². The number of carbonyl (C=O) groups is 1. The highest BCUT2D eigenvalue weighted by molar-refractivity contribution is 8.00. The van der Waals surface area contributed by atoms with Gasteiger partial charge in [-0.25, -0.2) is 9.97 Å². The number of aryl methyl sites for hydroxylation is 1. The van der Waals surface area contributed by atoms with E-state index in [1.165, 1.54) is 12.3 Å². The fourth-order valence-corrected chi connectivity index (χ4v) is 3.27. The first kappa shape index (κ1) is 19.4. The van der Waals surface area contributed by atoms with Crippen molar-refractivity contribution in [1.82, 2.24) is 15.3 Å². The minimum atomic E-state index is -1.73. The van der Waals surface area contributed by atoms with Gasteiger partial charge in [-0.05, 0) is 25.1 Å². The SMILES string of the molecule is Cc1cc(SC(NC(=O)c2ccco2)C(Cl)(Cl)Cl)nc(C(C)C)n1. The Labute approximate surface area is 159 Å². The molecule has 9 heteroatoms. The number of hydrogen-bond donors (Lipinski definition) is 1. The Kier molecular flexibility index (Phi) is 6.42. The Balaban J connectivity index is 2.22. The highest BCUT2D eigenvalue weighted by Crippen LogP contribution is 2.39. The Morgan fingerprint density at radius 3 is 2.58 bits per heavy atom. The molecule has 2 heterocycles. The summed E-state index contributed by atoms with van der Waals surface area (Å²) in [6.07, 6.45) is 1.40. The second-order valence-corrected chi connectivity index (χ2v) is 8.85. The minimum Gasteiger partial charge on any atom is -0.459 e. The van der Waals surface area contributed by atoms with Crippen molar-refractivity contribution < 1.29 is 9.21 Å². The lowest BCUT2D eigenvalue weighted by atomic mass is 10.2. The van der Waals surface area contributed by atoms with Crippen molar-refractivity contribution in [3.8, 4) is 0 Å². The zero-order chi connectivity index (χ0) is 17.9. The quantitative estimate of drug-likeness (QED) is 0.335. The molecule has 24 heavy (non-hydrogen) atoms. The topological polar surface area (TPSA) is 68.0 Å². The number of aromatic nitrogens is 2. The summed E-state index contributed by atoms with van der Waals surface area (Å²) < 4.78 is 3.32. The van der Waals surface area contributed by atoms with Gasteiger partial charge in [-0.1, -0.05) is 60.4 Å². The van der Waals surface area contributed by atoms with Crippen LogP contribution >= 0.6 is 46.6 Å². The second kappa shape index (κ2) is 7.95. The normalized spacial score (nSPS) is 13.1. The van der Waals surface area contributed by atoms with Crippen LogP contribution in [0.15, 0.2) is 33.9 Å². The molecule has 130 valence electrons. The number of hydrogen-bond acceptors (Lipinski definition) is 5. The number of nitrogens with zero attached hydrogens (tertiary/aromatic N) is 2. The molecule has 0 aromatic carbocycles. The molecular formula is C15H16Cl3N3O2S. The molecule has 0 fully saturated rings.